The van der Waals surface area contributed by atoms with Gasteiger partial charge in [0.25, 0.3) is 0 Å². The maximum atomic E-state index is 6.17. The van der Waals surface area contributed by atoms with E-state index in [1.807, 2.05) is 105 Å². The molecule has 0 unspecified atom stereocenters. The van der Waals surface area contributed by atoms with E-state index in [2.05, 4.69) is 56.3 Å². The second-order valence-electron chi connectivity index (χ2n) is 12.2. The Hall–Kier alpha value is -6.54. The molecule has 0 saturated carbocycles. The van der Waals surface area contributed by atoms with Crippen molar-refractivity contribution in [2.24, 2.45) is 0 Å². The molecule has 1 fully saturated rings. The SMILES string of the molecule is COc1cc(/C=C/c2nc(Nc3cc(C)[nH]n3)cc(OC3CCNCC3)n2)cc(OC)c1.Cc1cc(Nc2ccnc(/C=C/c3ccccc3)n2)n[nH]1. The minimum atomic E-state index is 0.131. The molecule has 53 heavy (non-hydrogen) atoms. The Labute approximate surface area is 308 Å². The van der Waals surface area contributed by atoms with Gasteiger partial charge in [0.1, 0.15) is 29.2 Å². The van der Waals surface area contributed by atoms with E-state index < -0.39 is 0 Å². The third-order valence-corrected chi connectivity index (χ3v) is 7.91. The zero-order valence-electron chi connectivity index (χ0n) is 30.1. The van der Waals surface area contributed by atoms with Gasteiger partial charge in [-0.2, -0.15) is 15.2 Å². The molecular weight excluding hydrogens is 671 g/mol. The zero-order chi connectivity index (χ0) is 36.8. The molecule has 5 N–H and O–H groups in total. The number of hydrogen-bond acceptors (Lipinski definition) is 12. The lowest BCUT2D eigenvalue weighted by Crippen LogP contribution is -2.34. The summed E-state index contributed by atoms with van der Waals surface area (Å²) in [7, 11) is 3.25. The Balaban J connectivity index is 0.000000198. The van der Waals surface area contributed by atoms with Crippen LogP contribution >= 0.6 is 0 Å². The number of piperidine rings is 1. The molecule has 0 bridgehead atoms. The fourth-order valence-corrected chi connectivity index (χ4v) is 5.31. The fraction of sp³-hybridized carbons (Fsp3) is 0.231. The van der Waals surface area contributed by atoms with E-state index in [4.69, 9.17) is 14.2 Å². The summed E-state index contributed by atoms with van der Waals surface area (Å²) in [5.41, 5.74) is 3.98. The second-order valence-corrected chi connectivity index (χ2v) is 12.2. The highest BCUT2D eigenvalue weighted by Gasteiger charge is 2.16. The van der Waals surface area contributed by atoms with Crippen molar-refractivity contribution in [3.05, 3.63) is 113 Å². The fourth-order valence-electron chi connectivity index (χ4n) is 5.31. The largest absolute Gasteiger partial charge is 0.497 e. The number of nitrogens with zero attached hydrogens (tertiary/aromatic N) is 6. The Morgan fingerprint density at radius 2 is 1.26 bits per heavy atom. The first-order valence-electron chi connectivity index (χ1n) is 17.2. The number of aromatic amines is 2. The number of methoxy groups -OCH3 is 2. The minimum Gasteiger partial charge on any atom is -0.497 e. The van der Waals surface area contributed by atoms with Crippen LogP contribution in [0.2, 0.25) is 0 Å². The molecule has 0 aliphatic carbocycles. The summed E-state index contributed by atoms with van der Waals surface area (Å²) in [5, 5.41) is 23.8. The maximum absolute atomic E-state index is 6.17. The van der Waals surface area contributed by atoms with Crippen molar-refractivity contribution in [1.82, 2.24) is 45.6 Å². The van der Waals surface area contributed by atoms with Crippen molar-refractivity contribution < 1.29 is 14.2 Å². The third kappa shape index (κ3) is 11.2. The van der Waals surface area contributed by atoms with Crippen LogP contribution in [-0.4, -0.2) is 73.7 Å². The molecule has 14 nitrogen and oxygen atoms in total. The molecule has 6 aromatic rings. The lowest BCUT2D eigenvalue weighted by atomic mass is 10.1. The average molecular weight is 714 g/mol. The number of rotatable bonds is 12. The van der Waals surface area contributed by atoms with Gasteiger partial charge in [-0.3, -0.25) is 10.2 Å². The van der Waals surface area contributed by atoms with Crippen LogP contribution in [0.5, 0.6) is 17.4 Å². The highest BCUT2D eigenvalue weighted by molar-refractivity contribution is 5.70. The molecule has 4 aromatic heterocycles. The van der Waals surface area contributed by atoms with Gasteiger partial charge in [-0.25, -0.2) is 15.0 Å². The van der Waals surface area contributed by atoms with Gasteiger partial charge in [0, 0.05) is 41.9 Å². The predicted octanol–water partition coefficient (Wildman–Crippen LogP) is 6.99. The number of hydrogen-bond donors (Lipinski definition) is 5. The molecule has 7 rings (SSSR count). The monoisotopic (exact) mass is 713 g/mol. The number of anilines is 4. The highest BCUT2D eigenvalue weighted by atomic mass is 16.5. The van der Waals surface area contributed by atoms with E-state index in [-0.39, 0.29) is 6.10 Å². The Bertz CT molecular complexity index is 2100. The molecule has 5 heterocycles. The molecule has 1 aliphatic heterocycles. The number of H-pyrrole nitrogens is 2. The van der Waals surface area contributed by atoms with Crippen molar-refractivity contribution in [2.45, 2.75) is 32.8 Å². The molecule has 0 spiro atoms. The molecule has 0 atom stereocenters. The van der Waals surface area contributed by atoms with Gasteiger partial charge in [-0.05, 0) is 81.3 Å². The van der Waals surface area contributed by atoms with Gasteiger partial charge < -0.3 is 30.2 Å². The van der Waals surface area contributed by atoms with E-state index in [9.17, 15) is 0 Å². The van der Waals surface area contributed by atoms with Crippen LogP contribution in [0.4, 0.5) is 23.3 Å². The van der Waals surface area contributed by atoms with Gasteiger partial charge in [-0.15, -0.1) is 0 Å². The Kier molecular flexibility index (Phi) is 12.4. The summed E-state index contributed by atoms with van der Waals surface area (Å²) in [6.45, 7) is 5.78. The van der Waals surface area contributed by atoms with E-state index in [0.717, 1.165) is 54.3 Å². The standard InChI is InChI=1S/C23H28N6O3.C16H15N5/c1-15-10-22(29-28-15)26-21-14-23(32-17-6-8-24-9-7-17)27-20(25-21)5-4-16-11-18(30-2)13-19(12-16)31-3;1-12-11-16(21-20-12)19-15-9-10-17-14(18-15)8-7-13-5-3-2-4-6-13/h4-5,10-14,17,24H,6-9H2,1-3H3,(H2,25,26,27,28,29);2-11H,1H3,(H2,17,18,19,20,21)/b5-4+;8-7+. The van der Waals surface area contributed by atoms with Crippen molar-refractivity contribution >= 4 is 47.6 Å². The average Bonchev–Trinajstić information content (AvgIpc) is 3.80. The normalized spacial score (nSPS) is 13.1. The molecular formula is C39H43N11O3. The minimum absolute atomic E-state index is 0.131. The summed E-state index contributed by atoms with van der Waals surface area (Å²) in [5.74, 6) is 5.87. The lowest BCUT2D eigenvalue weighted by molar-refractivity contribution is 0.155. The molecule has 0 amide bonds. The summed E-state index contributed by atoms with van der Waals surface area (Å²) in [6.07, 6.45) is 11.4. The van der Waals surface area contributed by atoms with Crippen LogP contribution in [0.25, 0.3) is 24.3 Å². The number of ether oxygens (including phenoxy) is 3. The van der Waals surface area contributed by atoms with Crippen molar-refractivity contribution in [3.8, 4) is 17.4 Å². The maximum Gasteiger partial charge on any atom is 0.219 e. The topological polar surface area (TPSA) is 173 Å². The summed E-state index contributed by atoms with van der Waals surface area (Å²) >= 11 is 0. The number of aryl methyl sites for hydroxylation is 2. The Morgan fingerprint density at radius 3 is 1.91 bits per heavy atom. The second kappa shape index (κ2) is 18.1. The summed E-state index contributed by atoms with van der Waals surface area (Å²) < 4.78 is 16.9. The third-order valence-electron chi connectivity index (χ3n) is 7.91. The smallest absolute Gasteiger partial charge is 0.219 e. The zero-order valence-corrected chi connectivity index (χ0v) is 30.1. The van der Waals surface area contributed by atoms with Gasteiger partial charge in [0.2, 0.25) is 5.88 Å². The number of nitrogens with one attached hydrogen (secondary N) is 5. The molecule has 272 valence electrons. The first-order valence-corrected chi connectivity index (χ1v) is 17.2. The molecule has 14 heteroatoms. The van der Waals surface area contributed by atoms with E-state index in [0.29, 0.717) is 46.5 Å². The molecule has 1 saturated heterocycles. The van der Waals surface area contributed by atoms with Crippen molar-refractivity contribution in [3.63, 3.8) is 0 Å². The lowest BCUT2D eigenvalue weighted by Gasteiger charge is -2.23. The molecule has 0 radical (unpaired) electrons. The number of benzene rings is 2. The molecule has 1 aliphatic rings. The predicted molar refractivity (Wildman–Crippen MR) is 208 cm³/mol. The van der Waals surface area contributed by atoms with Crippen LogP contribution < -0.4 is 30.2 Å². The quantitative estimate of drug-likeness (QED) is 0.0881. The highest BCUT2D eigenvalue weighted by Crippen LogP contribution is 2.25. The van der Waals surface area contributed by atoms with Gasteiger partial charge >= 0.3 is 0 Å². The molecule has 2 aromatic carbocycles. The Morgan fingerprint density at radius 1 is 0.642 bits per heavy atom. The van der Waals surface area contributed by atoms with E-state index in [1.54, 1.807) is 26.5 Å². The van der Waals surface area contributed by atoms with Crippen molar-refractivity contribution in [2.75, 3.05) is 37.9 Å². The van der Waals surface area contributed by atoms with Crippen LogP contribution in [0.3, 0.4) is 0 Å². The number of aromatic nitrogens is 8. The van der Waals surface area contributed by atoms with Crippen molar-refractivity contribution in [1.29, 1.82) is 0 Å². The summed E-state index contributed by atoms with van der Waals surface area (Å²) in [4.78, 5) is 17.9. The van der Waals surface area contributed by atoms with Crippen LogP contribution in [-0.2, 0) is 0 Å². The summed E-state index contributed by atoms with van der Waals surface area (Å²) in [6, 6.07) is 23.2. The van der Waals surface area contributed by atoms with E-state index in [1.165, 1.54) is 0 Å². The van der Waals surface area contributed by atoms with Crippen LogP contribution in [0, 0.1) is 13.8 Å². The first-order chi connectivity index (χ1) is 25.9. The van der Waals surface area contributed by atoms with Crippen LogP contribution in [0.1, 0.15) is 47.0 Å². The van der Waals surface area contributed by atoms with Gasteiger partial charge in [0.05, 0.1) is 14.2 Å². The van der Waals surface area contributed by atoms with Gasteiger partial charge in [0.15, 0.2) is 23.3 Å². The van der Waals surface area contributed by atoms with Crippen LogP contribution in [0.15, 0.2) is 79.0 Å². The van der Waals surface area contributed by atoms with Gasteiger partial charge in [-0.1, -0.05) is 42.5 Å². The first kappa shape index (κ1) is 36.3. The van der Waals surface area contributed by atoms with E-state index >= 15 is 0 Å².